The van der Waals surface area contributed by atoms with E-state index in [1.807, 2.05) is 6.07 Å². The van der Waals surface area contributed by atoms with Crippen molar-refractivity contribution in [3.05, 3.63) is 22.5 Å². The van der Waals surface area contributed by atoms with Crippen LogP contribution in [0, 0.1) is 11.3 Å². The van der Waals surface area contributed by atoms with Crippen LogP contribution in [0.3, 0.4) is 0 Å². The summed E-state index contributed by atoms with van der Waals surface area (Å²) < 4.78 is 29.7. The molecule has 0 aliphatic carbocycles. The molecule has 0 atom stereocenters. The molecule has 0 saturated carbocycles. The minimum atomic E-state index is -2.71. The van der Waals surface area contributed by atoms with Gasteiger partial charge in [-0.2, -0.15) is 5.26 Å². The third kappa shape index (κ3) is 2.34. The smallest absolute Gasteiger partial charge is 0.266 e. The van der Waals surface area contributed by atoms with Gasteiger partial charge in [0.15, 0.2) is 5.75 Å². The zero-order valence-electron chi connectivity index (χ0n) is 7.80. The lowest BCUT2D eigenvalue weighted by Crippen LogP contribution is -1.99. The van der Waals surface area contributed by atoms with Crippen LogP contribution in [-0.4, -0.2) is 12.1 Å². The molecule has 0 fully saturated rings. The van der Waals surface area contributed by atoms with Crippen LogP contribution >= 0.6 is 11.6 Å². The topological polar surface area (TPSA) is 45.9 Å². The third-order valence-electron chi connectivity index (χ3n) is 1.76. The summed E-state index contributed by atoms with van der Waals surface area (Å²) >= 11 is 5.69. The molecule has 6 heteroatoms. The van der Waals surface area contributed by atoms with E-state index < -0.39 is 12.0 Å². The van der Waals surface area contributed by atoms with E-state index in [1.54, 1.807) is 0 Å². The number of aromatic nitrogens is 1. The molecule has 1 heterocycles. The summed E-state index contributed by atoms with van der Waals surface area (Å²) in [4.78, 5) is 3.71. The Hall–Kier alpha value is -1.41. The second-order valence-corrected chi connectivity index (χ2v) is 3.02. The molecule has 1 aromatic rings. The van der Waals surface area contributed by atoms with Gasteiger partial charge in [0.05, 0.1) is 35.9 Å². The van der Waals surface area contributed by atoms with E-state index in [9.17, 15) is 8.78 Å². The summed E-state index contributed by atoms with van der Waals surface area (Å²) in [6.07, 6.45) is -1.79. The summed E-state index contributed by atoms with van der Waals surface area (Å²) in [6, 6.07) is 1.85. The Balaban J connectivity index is 3.27. The van der Waals surface area contributed by atoms with Gasteiger partial charge in [-0.05, 0) is 0 Å². The highest BCUT2D eigenvalue weighted by Gasteiger charge is 2.19. The van der Waals surface area contributed by atoms with E-state index in [1.165, 1.54) is 7.11 Å². The van der Waals surface area contributed by atoms with Crippen molar-refractivity contribution in [3.8, 4) is 11.8 Å². The maximum Gasteiger partial charge on any atom is 0.266 e. The van der Waals surface area contributed by atoms with Gasteiger partial charge in [0, 0.05) is 6.20 Å². The maximum absolute atomic E-state index is 12.4. The van der Waals surface area contributed by atoms with Crippen molar-refractivity contribution in [1.29, 1.82) is 5.26 Å². The van der Waals surface area contributed by atoms with E-state index in [0.29, 0.717) is 0 Å². The highest BCUT2D eigenvalue weighted by Crippen LogP contribution is 2.35. The first-order chi connectivity index (χ1) is 7.11. The largest absolute Gasteiger partial charge is 0.493 e. The van der Waals surface area contributed by atoms with E-state index in [-0.39, 0.29) is 22.9 Å². The highest BCUT2D eigenvalue weighted by atomic mass is 35.5. The Labute approximate surface area is 90.3 Å². The van der Waals surface area contributed by atoms with Gasteiger partial charge in [0.2, 0.25) is 0 Å². The number of hydrogen-bond donors (Lipinski definition) is 0. The number of halogens is 3. The number of nitriles is 1. The molecule has 0 unspecified atom stereocenters. The Morgan fingerprint density at radius 3 is 2.80 bits per heavy atom. The van der Waals surface area contributed by atoms with Crippen LogP contribution in [0.2, 0.25) is 5.02 Å². The molecule has 0 aliphatic heterocycles. The van der Waals surface area contributed by atoms with E-state index in [2.05, 4.69) is 4.98 Å². The van der Waals surface area contributed by atoms with Crippen molar-refractivity contribution in [2.75, 3.05) is 7.11 Å². The average molecular weight is 233 g/mol. The fourth-order valence-electron chi connectivity index (χ4n) is 1.08. The van der Waals surface area contributed by atoms with Crippen LogP contribution in [0.1, 0.15) is 17.7 Å². The van der Waals surface area contributed by atoms with Crippen molar-refractivity contribution in [2.45, 2.75) is 12.8 Å². The summed E-state index contributed by atoms with van der Waals surface area (Å²) in [5.41, 5.74) is -0.135. The lowest BCUT2D eigenvalue weighted by Gasteiger charge is -2.10. The van der Waals surface area contributed by atoms with Gasteiger partial charge in [-0.25, -0.2) is 8.78 Å². The molecule has 1 rings (SSSR count). The van der Waals surface area contributed by atoms with Crippen molar-refractivity contribution < 1.29 is 13.5 Å². The van der Waals surface area contributed by atoms with Crippen LogP contribution in [0.4, 0.5) is 8.78 Å². The van der Waals surface area contributed by atoms with Crippen LogP contribution in [0.25, 0.3) is 0 Å². The first-order valence-electron chi connectivity index (χ1n) is 3.98. The molecule has 0 aliphatic rings. The van der Waals surface area contributed by atoms with Crippen molar-refractivity contribution in [1.82, 2.24) is 4.98 Å². The molecule has 0 saturated heterocycles. The lowest BCUT2D eigenvalue weighted by atomic mass is 10.2. The van der Waals surface area contributed by atoms with Gasteiger partial charge >= 0.3 is 0 Å². The number of rotatable bonds is 3. The van der Waals surface area contributed by atoms with Gasteiger partial charge in [-0.1, -0.05) is 11.6 Å². The van der Waals surface area contributed by atoms with Gasteiger partial charge < -0.3 is 4.74 Å². The van der Waals surface area contributed by atoms with Gasteiger partial charge in [0.1, 0.15) is 0 Å². The zero-order chi connectivity index (χ0) is 11.4. The molecule has 0 aromatic carbocycles. The number of nitrogens with zero attached hydrogens (tertiary/aromatic N) is 2. The van der Waals surface area contributed by atoms with Gasteiger partial charge in [-0.3, -0.25) is 4.98 Å². The van der Waals surface area contributed by atoms with Crippen LogP contribution in [-0.2, 0) is 6.42 Å². The molecular formula is C9H7ClF2N2O. The Bertz CT molecular complexity index is 404. The van der Waals surface area contributed by atoms with Crippen LogP contribution in [0.15, 0.2) is 6.20 Å². The van der Waals surface area contributed by atoms with E-state index >= 15 is 0 Å². The van der Waals surface area contributed by atoms with Crippen LogP contribution < -0.4 is 4.74 Å². The molecule has 15 heavy (non-hydrogen) atoms. The van der Waals surface area contributed by atoms with Crippen molar-refractivity contribution in [2.24, 2.45) is 0 Å². The van der Waals surface area contributed by atoms with Crippen molar-refractivity contribution in [3.63, 3.8) is 0 Å². The SMILES string of the molecule is COc1c(CC#N)ncc(C(F)F)c1Cl. The van der Waals surface area contributed by atoms with Crippen molar-refractivity contribution >= 4 is 11.6 Å². The first kappa shape index (κ1) is 11.7. The van der Waals surface area contributed by atoms with E-state index in [0.717, 1.165) is 6.20 Å². The monoisotopic (exact) mass is 232 g/mol. The molecule has 0 bridgehead atoms. The zero-order valence-corrected chi connectivity index (χ0v) is 8.55. The van der Waals surface area contributed by atoms with Crippen LogP contribution in [0.5, 0.6) is 5.75 Å². The normalized spacial score (nSPS) is 10.1. The number of pyridine rings is 1. The third-order valence-corrected chi connectivity index (χ3v) is 2.15. The molecule has 0 N–H and O–H groups in total. The lowest BCUT2D eigenvalue weighted by molar-refractivity contribution is 0.150. The predicted molar refractivity (Wildman–Crippen MR) is 50.1 cm³/mol. The minimum Gasteiger partial charge on any atom is -0.493 e. The van der Waals surface area contributed by atoms with Gasteiger partial charge in [0.25, 0.3) is 6.43 Å². The van der Waals surface area contributed by atoms with E-state index in [4.69, 9.17) is 21.6 Å². The Morgan fingerprint density at radius 2 is 2.33 bits per heavy atom. The second-order valence-electron chi connectivity index (χ2n) is 2.64. The standard InChI is InChI=1S/C9H7ClF2N2O/c1-15-8-6(2-3-13)14-4-5(7(8)10)9(11)12/h4,9H,2H2,1H3. The quantitative estimate of drug-likeness (QED) is 0.805. The molecule has 0 radical (unpaired) electrons. The fraction of sp³-hybridized carbons (Fsp3) is 0.333. The predicted octanol–water partition coefficient (Wildman–Crippen LogP) is 2.75. The molecule has 3 nitrogen and oxygen atoms in total. The highest BCUT2D eigenvalue weighted by molar-refractivity contribution is 6.32. The summed E-state index contributed by atoms with van der Waals surface area (Å²) in [5, 5.41) is 8.28. The summed E-state index contributed by atoms with van der Waals surface area (Å²) in [5.74, 6) is 0.0380. The van der Waals surface area contributed by atoms with Gasteiger partial charge in [-0.15, -0.1) is 0 Å². The molecular weight excluding hydrogens is 226 g/mol. The number of alkyl halides is 2. The maximum atomic E-state index is 12.4. The fourth-order valence-corrected chi connectivity index (χ4v) is 1.40. The molecule has 0 amide bonds. The average Bonchev–Trinajstić information content (AvgIpc) is 2.18. The number of ether oxygens (including phenoxy) is 1. The number of hydrogen-bond acceptors (Lipinski definition) is 3. The molecule has 1 aromatic heterocycles. The summed E-state index contributed by atoms with van der Waals surface area (Å²) in [7, 11) is 1.29. The molecule has 80 valence electrons. The Morgan fingerprint density at radius 1 is 1.67 bits per heavy atom. The molecule has 0 spiro atoms. The number of methoxy groups -OCH3 is 1. The summed E-state index contributed by atoms with van der Waals surface area (Å²) in [6.45, 7) is 0. The Kier molecular flexibility index (Phi) is 3.81. The minimum absolute atomic E-state index is 0.0353. The first-order valence-corrected chi connectivity index (χ1v) is 4.36. The second kappa shape index (κ2) is 4.89.